The molecular formula is C19H38NNaO4S. The summed E-state index contributed by atoms with van der Waals surface area (Å²) in [6.07, 6.45) is 20.1. The Labute approximate surface area is 184 Å². The average molecular weight is 400 g/mol. The van der Waals surface area contributed by atoms with Crippen molar-refractivity contribution in [1.82, 2.24) is 4.72 Å². The second kappa shape index (κ2) is 19.9. The standard InChI is InChI=1S/C19H37NO4S.Na.H/c1-3-4-5-6-7-8-9-10-11-12-13-14-15-16-17-18-19(21)24-25(22,23)20-2;;/h10-11,20H,3-9,12-18H2,1-2H3;;/q;+1;-1/b11-10-;;. The summed E-state index contributed by atoms with van der Waals surface area (Å²) in [5.41, 5.74) is 0. The summed E-state index contributed by atoms with van der Waals surface area (Å²) in [6.45, 7) is 2.24. The number of nitrogens with one attached hydrogen (secondary N) is 1. The van der Waals surface area contributed by atoms with Crippen LogP contribution in [0, 0.1) is 0 Å². The van der Waals surface area contributed by atoms with Crippen molar-refractivity contribution < 1.29 is 48.4 Å². The molecule has 0 aliphatic heterocycles. The third-order valence-electron chi connectivity index (χ3n) is 4.10. The van der Waals surface area contributed by atoms with Gasteiger partial charge in [-0.25, -0.2) is 0 Å². The molecule has 0 aromatic carbocycles. The average Bonchev–Trinajstić information content (AvgIpc) is 2.58. The predicted molar refractivity (Wildman–Crippen MR) is 105 cm³/mol. The molecule has 0 spiro atoms. The van der Waals surface area contributed by atoms with Crippen LogP contribution in [0.4, 0.5) is 0 Å². The molecule has 0 radical (unpaired) electrons. The van der Waals surface area contributed by atoms with Gasteiger partial charge in [-0.3, -0.25) is 4.79 Å². The second-order valence-corrected chi connectivity index (χ2v) is 7.93. The summed E-state index contributed by atoms with van der Waals surface area (Å²) >= 11 is 0. The largest absolute Gasteiger partial charge is 1.00 e. The van der Waals surface area contributed by atoms with Crippen LogP contribution in [0.3, 0.4) is 0 Å². The fourth-order valence-corrected chi connectivity index (χ4v) is 2.96. The van der Waals surface area contributed by atoms with Gasteiger partial charge in [0.15, 0.2) is 0 Å². The van der Waals surface area contributed by atoms with E-state index in [1.54, 1.807) is 0 Å². The van der Waals surface area contributed by atoms with Crippen LogP contribution in [0.2, 0.25) is 0 Å². The Hall–Kier alpha value is 0.120. The van der Waals surface area contributed by atoms with Gasteiger partial charge in [0.25, 0.3) is 0 Å². The number of unbranched alkanes of at least 4 members (excludes halogenated alkanes) is 11. The fourth-order valence-electron chi connectivity index (χ4n) is 2.55. The minimum Gasteiger partial charge on any atom is -1.00 e. The van der Waals surface area contributed by atoms with Gasteiger partial charge in [-0.1, -0.05) is 70.4 Å². The number of rotatable bonds is 17. The number of hydrogen-bond donors (Lipinski definition) is 1. The first-order valence-electron chi connectivity index (χ1n) is 9.82. The normalized spacial score (nSPS) is 11.5. The van der Waals surface area contributed by atoms with Crippen molar-refractivity contribution >= 4 is 16.3 Å². The van der Waals surface area contributed by atoms with Crippen LogP contribution < -0.4 is 34.3 Å². The monoisotopic (exact) mass is 399 g/mol. The van der Waals surface area contributed by atoms with E-state index in [1.165, 1.54) is 58.4 Å². The molecule has 150 valence electrons. The second-order valence-electron chi connectivity index (χ2n) is 6.45. The molecule has 0 amide bonds. The first kappa shape index (κ1) is 28.3. The summed E-state index contributed by atoms with van der Waals surface area (Å²) < 4.78 is 28.3. The molecule has 0 rings (SSSR count). The van der Waals surface area contributed by atoms with E-state index in [0.717, 1.165) is 25.7 Å². The summed E-state index contributed by atoms with van der Waals surface area (Å²) in [5, 5.41) is 0. The van der Waals surface area contributed by atoms with Crippen LogP contribution in [-0.4, -0.2) is 21.4 Å². The number of carbonyl (C=O) groups excluding carboxylic acids is 1. The zero-order valence-corrected chi connectivity index (χ0v) is 19.9. The van der Waals surface area contributed by atoms with Crippen molar-refractivity contribution in [3.05, 3.63) is 12.2 Å². The molecule has 0 aromatic heterocycles. The van der Waals surface area contributed by atoms with Gasteiger partial charge in [0.1, 0.15) is 0 Å². The number of allylic oxidation sites excluding steroid dienone is 2. The zero-order valence-electron chi connectivity index (χ0n) is 18.1. The number of carbonyl (C=O) groups is 1. The topological polar surface area (TPSA) is 72.5 Å². The molecule has 0 unspecified atom stereocenters. The molecule has 0 saturated heterocycles. The molecule has 5 nitrogen and oxygen atoms in total. The Kier molecular flexibility index (Phi) is 21.7. The van der Waals surface area contributed by atoms with Crippen molar-refractivity contribution in [1.29, 1.82) is 0 Å². The summed E-state index contributed by atoms with van der Waals surface area (Å²) in [6, 6.07) is 0. The fraction of sp³-hybridized carbons (Fsp3) is 0.842. The van der Waals surface area contributed by atoms with Gasteiger partial charge in [0.05, 0.1) is 0 Å². The summed E-state index contributed by atoms with van der Waals surface area (Å²) in [7, 11) is -2.68. The van der Waals surface area contributed by atoms with E-state index in [9.17, 15) is 13.2 Å². The maximum Gasteiger partial charge on any atom is 1.00 e. The van der Waals surface area contributed by atoms with Crippen LogP contribution in [0.15, 0.2) is 12.2 Å². The van der Waals surface area contributed by atoms with Crippen molar-refractivity contribution in [2.24, 2.45) is 0 Å². The van der Waals surface area contributed by atoms with E-state index < -0.39 is 16.3 Å². The van der Waals surface area contributed by atoms with Crippen LogP contribution in [0.25, 0.3) is 0 Å². The SMILES string of the molecule is CCCCCCCC/C=C\CCCCCCCC(=O)OS(=O)(=O)NC.[H-].[Na+]. The molecule has 0 atom stereocenters. The van der Waals surface area contributed by atoms with E-state index in [0.29, 0.717) is 6.42 Å². The Morgan fingerprint density at radius 2 is 1.35 bits per heavy atom. The summed E-state index contributed by atoms with van der Waals surface area (Å²) in [4.78, 5) is 11.3. The van der Waals surface area contributed by atoms with Gasteiger partial charge >= 0.3 is 45.8 Å². The Balaban J connectivity index is -0.00000288. The first-order valence-corrected chi connectivity index (χ1v) is 11.2. The molecule has 0 aromatic rings. The van der Waals surface area contributed by atoms with E-state index in [-0.39, 0.29) is 37.4 Å². The first-order chi connectivity index (χ1) is 12.0. The van der Waals surface area contributed by atoms with E-state index in [4.69, 9.17) is 0 Å². The third-order valence-corrected chi connectivity index (χ3v) is 5.00. The zero-order chi connectivity index (χ0) is 18.8. The van der Waals surface area contributed by atoms with Gasteiger partial charge in [0.2, 0.25) is 0 Å². The Morgan fingerprint density at radius 1 is 0.885 bits per heavy atom. The smallest absolute Gasteiger partial charge is 1.00 e. The minimum absolute atomic E-state index is 0. The van der Waals surface area contributed by atoms with Gasteiger partial charge < -0.3 is 5.61 Å². The number of hydrogen-bond acceptors (Lipinski definition) is 4. The van der Waals surface area contributed by atoms with Gasteiger partial charge in [-0.15, -0.1) is 0 Å². The molecule has 1 N–H and O–H groups in total. The van der Waals surface area contributed by atoms with Gasteiger partial charge in [-0.2, -0.15) is 13.1 Å². The molecule has 0 aliphatic carbocycles. The Bertz CT molecular complexity index is 459. The maximum atomic E-state index is 11.3. The van der Waals surface area contributed by atoms with Crippen molar-refractivity contribution in [2.45, 2.75) is 96.8 Å². The quantitative estimate of drug-likeness (QED) is 0.231. The minimum atomic E-state index is -3.90. The molecular weight excluding hydrogens is 361 g/mol. The molecule has 26 heavy (non-hydrogen) atoms. The van der Waals surface area contributed by atoms with Crippen molar-refractivity contribution in [3.63, 3.8) is 0 Å². The Morgan fingerprint density at radius 3 is 1.85 bits per heavy atom. The van der Waals surface area contributed by atoms with Crippen molar-refractivity contribution in [3.8, 4) is 0 Å². The molecule has 7 heteroatoms. The van der Waals surface area contributed by atoms with Crippen LogP contribution >= 0.6 is 0 Å². The molecule has 0 heterocycles. The molecule has 0 aliphatic rings. The van der Waals surface area contributed by atoms with E-state index in [1.807, 2.05) is 4.72 Å². The van der Waals surface area contributed by atoms with Gasteiger partial charge in [-0.05, 0) is 32.1 Å². The third kappa shape index (κ3) is 20.4. The van der Waals surface area contributed by atoms with Crippen molar-refractivity contribution in [2.75, 3.05) is 7.05 Å². The molecule has 0 bridgehead atoms. The van der Waals surface area contributed by atoms with Crippen LogP contribution in [0.5, 0.6) is 0 Å². The predicted octanol–water partition coefficient (Wildman–Crippen LogP) is 2.15. The summed E-state index contributed by atoms with van der Waals surface area (Å²) in [5.74, 6) is -0.688. The van der Waals surface area contributed by atoms with E-state index >= 15 is 0 Å². The van der Waals surface area contributed by atoms with Gasteiger partial charge in [0, 0.05) is 13.5 Å². The van der Waals surface area contributed by atoms with Crippen LogP contribution in [0.1, 0.15) is 98.2 Å². The van der Waals surface area contributed by atoms with E-state index in [2.05, 4.69) is 23.3 Å². The molecule has 0 saturated carbocycles. The van der Waals surface area contributed by atoms with Crippen LogP contribution in [-0.2, 0) is 19.3 Å². The molecule has 0 fully saturated rings. The maximum absolute atomic E-state index is 11.3.